The second kappa shape index (κ2) is 45.0. The van der Waals surface area contributed by atoms with Crippen LogP contribution in [0.5, 0.6) is 0 Å². The molecule has 136 heavy (non-hydrogen) atoms. The van der Waals surface area contributed by atoms with E-state index in [1.165, 1.54) is 169 Å². The topological polar surface area (TPSA) is 90.4 Å². The maximum atomic E-state index is 16.1. The molecule has 12 aromatic rings. The van der Waals surface area contributed by atoms with E-state index in [-0.39, 0.29) is 23.0 Å². The Hall–Kier alpha value is -10.4. The summed E-state index contributed by atoms with van der Waals surface area (Å²) < 4.78 is 2.61. The monoisotopic (exact) mass is 1870 g/mol. The average Bonchev–Trinajstić information content (AvgIpc) is 1.48. The number of hydrogen-bond donors (Lipinski definition) is 0. The fourth-order valence-electron chi connectivity index (χ4n) is 23.0. The Balaban J connectivity index is 1.08. The van der Waals surface area contributed by atoms with Gasteiger partial charge in [-0.15, -0.1) is 45.3 Å². The van der Waals surface area contributed by atoms with E-state index in [1.54, 1.807) is 22.7 Å². The standard InChI is InChI=1S/C126H140N4O2S4/c1-15-23-31-39-47-85-59-86(48-40-32-24-16-2)64-93(63-85)125(94-65-87(49-41-33-25-17-3)60-88(66-94)50-42-34-26-18-4)109-73-97(71-107-113(111(79-127)129-13)103-75-99-81(9)55-57-83(11)101(99)77-105(103)117(107)131)133-119(109)121-115(125)123-124(135-121)116-122(136-123)120-110(74-98(134-120)72-108-114(112(80-128)130-14)104-76-100-82(10)56-58-84(12)102(100)78-106(104)118(108)132)126(116,95-67-89(51-43-35-27-19-5)61-90(68-95)52-44-36-28-20-6)96-69-91(53-45-37-29-21-7)62-92(70-96)54-46-38-30-22-8/h55-78H,15-54H2,1-12H3/b107-71-,108-72-,113-111+,114-112?. The van der Waals surface area contributed by atoms with Crippen molar-refractivity contribution in [1.82, 2.24) is 0 Å². The lowest BCUT2D eigenvalue weighted by atomic mass is 9.65. The lowest BCUT2D eigenvalue weighted by Crippen LogP contribution is -2.30. The molecule has 6 nitrogen and oxygen atoms in total. The molecule has 0 atom stereocenters. The van der Waals surface area contributed by atoms with Crippen molar-refractivity contribution in [3.63, 3.8) is 0 Å². The van der Waals surface area contributed by atoms with Crippen LogP contribution >= 0.6 is 45.3 Å². The van der Waals surface area contributed by atoms with E-state index in [0.717, 1.165) is 259 Å². The van der Waals surface area contributed by atoms with E-state index in [1.807, 2.05) is 34.8 Å². The van der Waals surface area contributed by atoms with Crippen molar-refractivity contribution in [2.75, 3.05) is 0 Å². The molecule has 0 aliphatic heterocycles. The van der Waals surface area contributed by atoms with Crippen LogP contribution in [0.1, 0.15) is 414 Å². The minimum Gasteiger partial charge on any atom is -0.289 e. The maximum absolute atomic E-state index is 16.1. The average molecular weight is 1870 g/mol. The van der Waals surface area contributed by atoms with Crippen molar-refractivity contribution in [3.05, 3.63) is 322 Å². The molecule has 4 aromatic heterocycles. The SMILES string of the molecule is [C-]#[N+]C(C#N)=C1/C(=C/c2cc3c(s2)-c2sc4c5c(sc4c2C3(c2cc(CCCCCC)cc(CCCCCC)c2)c2cc(CCCCCC)cc(CCCCCC)c2)-c2sc(/C=C3\C(=O)c4cc6c(C)ccc(C)c6cc4\C3=C(\C#N)[N+]#[C-])cc2C5(c2cc(CCCCCC)cc(CCCCCC)c2)c2cc(CCCCCC)cc(CCCCCC)c2)C(=O)c2cc3c(C)ccc(C)c3cc21. The molecule has 16 rings (SSSR count). The Morgan fingerprint density at radius 1 is 0.309 bits per heavy atom. The Labute approximate surface area is 829 Å². The van der Waals surface area contributed by atoms with Crippen LogP contribution in [-0.4, -0.2) is 11.6 Å². The van der Waals surface area contributed by atoms with Gasteiger partial charge in [-0.05, 0) is 312 Å². The predicted molar refractivity (Wildman–Crippen MR) is 583 cm³/mol. The molecule has 700 valence electrons. The van der Waals surface area contributed by atoms with E-state index in [9.17, 15) is 10.5 Å². The molecule has 0 bridgehead atoms. The van der Waals surface area contributed by atoms with Gasteiger partial charge in [0, 0.05) is 54.3 Å². The molecular formula is C126H140N4O2S4. The zero-order chi connectivity index (χ0) is 95.3. The molecule has 8 aromatic carbocycles. The number of thiophene rings is 4. The van der Waals surface area contributed by atoms with Crippen molar-refractivity contribution < 1.29 is 9.59 Å². The minimum atomic E-state index is -0.930. The summed E-state index contributed by atoms with van der Waals surface area (Å²) in [6.07, 6.45) is 48.7. The molecule has 4 aliphatic rings. The van der Waals surface area contributed by atoms with Crippen LogP contribution in [0.15, 0.2) is 156 Å². The Morgan fingerprint density at radius 2 is 0.544 bits per heavy atom. The fourth-order valence-corrected chi connectivity index (χ4v) is 28.7. The number of hydrogen-bond acceptors (Lipinski definition) is 8. The first-order chi connectivity index (χ1) is 66.4. The van der Waals surface area contributed by atoms with Gasteiger partial charge < -0.3 is 0 Å². The van der Waals surface area contributed by atoms with Crippen LogP contribution in [-0.2, 0) is 62.2 Å². The summed E-state index contributed by atoms with van der Waals surface area (Å²) in [5.41, 5.74) is 27.6. The van der Waals surface area contributed by atoms with Gasteiger partial charge in [0.1, 0.15) is 0 Å². The van der Waals surface area contributed by atoms with Crippen LogP contribution in [0, 0.1) is 63.5 Å². The number of fused-ring (bicyclic) bond motifs is 13. The van der Waals surface area contributed by atoms with Crippen molar-refractivity contribution in [1.29, 1.82) is 10.5 Å². The highest BCUT2D eigenvalue weighted by molar-refractivity contribution is 7.34. The zero-order valence-electron chi connectivity index (χ0n) is 83.4. The third kappa shape index (κ3) is 19.6. The number of unbranched alkanes of at least 4 members (excludes halogenated alkanes) is 24. The molecule has 4 aliphatic carbocycles. The number of aryl methyl sites for hydroxylation is 12. The van der Waals surface area contributed by atoms with Crippen molar-refractivity contribution >= 4 is 111 Å². The summed E-state index contributed by atoms with van der Waals surface area (Å²) in [5, 5.41) is 26.5. The highest BCUT2D eigenvalue weighted by Crippen LogP contribution is 2.71. The number of carbonyl (C=O) groups excluding carboxylic acids is 2. The van der Waals surface area contributed by atoms with Gasteiger partial charge in [0.25, 0.3) is 11.4 Å². The number of Topliss-reactive ketones (excluding diaryl/α,β-unsaturated/α-hetero) is 2. The molecule has 0 radical (unpaired) electrons. The summed E-state index contributed by atoms with van der Waals surface area (Å²) in [7, 11) is 0. The number of benzene rings is 8. The highest BCUT2D eigenvalue weighted by Gasteiger charge is 2.56. The van der Waals surface area contributed by atoms with Crippen molar-refractivity contribution in [2.24, 2.45) is 0 Å². The second-order valence-electron chi connectivity index (χ2n) is 40.1. The van der Waals surface area contributed by atoms with Gasteiger partial charge in [-0.2, -0.15) is 0 Å². The second-order valence-corrected chi connectivity index (χ2v) is 44.4. The van der Waals surface area contributed by atoms with Gasteiger partial charge >= 0.3 is 0 Å². The number of allylic oxidation sites excluding steroid dienone is 6. The largest absolute Gasteiger partial charge is 0.289 e. The van der Waals surface area contributed by atoms with Gasteiger partial charge in [0.15, 0.2) is 11.6 Å². The molecule has 4 heterocycles. The molecule has 0 spiro atoms. The van der Waals surface area contributed by atoms with E-state index >= 15 is 9.59 Å². The molecule has 0 N–H and O–H groups in total. The number of rotatable bonds is 46. The lowest BCUT2D eigenvalue weighted by molar-refractivity contribution is 0.103. The molecule has 0 fully saturated rings. The first-order valence-corrected chi connectivity index (χ1v) is 55.8. The quantitative estimate of drug-likeness (QED) is 0.0165. The van der Waals surface area contributed by atoms with Crippen LogP contribution in [0.25, 0.3) is 83.4 Å². The molecule has 0 saturated carbocycles. The predicted octanol–water partition coefficient (Wildman–Crippen LogP) is 37.2. The molecule has 10 heteroatoms. The summed E-state index contributed by atoms with van der Waals surface area (Å²) in [6, 6.07) is 58.1. The summed E-state index contributed by atoms with van der Waals surface area (Å²) in [4.78, 5) is 47.0. The van der Waals surface area contributed by atoms with Crippen LogP contribution in [0.2, 0.25) is 0 Å². The smallest absolute Gasteiger partial charge is 0.270 e. The lowest BCUT2D eigenvalue weighted by Gasteiger charge is -2.35. The van der Waals surface area contributed by atoms with Gasteiger partial charge in [0.05, 0.1) is 65.0 Å². The number of nitrogens with zero attached hydrogens (tertiary/aromatic N) is 4. The Morgan fingerprint density at radius 3 is 0.765 bits per heavy atom. The van der Waals surface area contributed by atoms with Gasteiger partial charge in [-0.1, -0.05) is 307 Å². The Bertz CT molecular complexity index is 6130. The van der Waals surface area contributed by atoms with Gasteiger partial charge in [0.2, 0.25) is 0 Å². The summed E-state index contributed by atoms with van der Waals surface area (Å²) in [5.74, 6) is -0.331. The zero-order valence-corrected chi connectivity index (χ0v) is 86.6. The molecule has 0 unspecified atom stereocenters. The van der Waals surface area contributed by atoms with Crippen molar-refractivity contribution in [3.8, 4) is 31.6 Å². The maximum Gasteiger partial charge on any atom is 0.270 e. The van der Waals surface area contributed by atoms with E-state index in [0.29, 0.717) is 44.5 Å². The fraction of sp³-hybridized carbons (Fsp3) is 0.429. The molecule has 0 amide bonds. The van der Waals surface area contributed by atoms with E-state index in [4.69, 9.17) is 13.1 Å². The Kier molecular flexibility index (Phi) is 32.7. The summed E-state index contributed by atoms with van der Waals surface area (Å²) in [6.45, 7) is 44.5. The highest BCUT2D eigenvalue weighted by atomic mass is 32.1. The summed E-state index contributed by atoms with van der Waals surface area (Å²) >= 11 is 7.60. The van der Waals surface area contributed by atoms with Crippen LogP contribution < -0.4 is 0 Å². The number of carbonyl (C=O) groups is 2. The first-order valence-electron chi connectivity index (χ1n) is 52.5. The third-order valence-corrected chi connectivity index (χ3v) is 35.2. The van der Waals surface area contributed by atoms with E-state index in [2.05, 4.69) is 238 Å². The number of ketones is 2. The minimum absolute atomic E-state index is 0.0797. The van der Waals surface area contributed by atoms with Crippen molar-refractivity contribution in [2.45, 2.75) is 351 Å². The van der Waals surface area contributed by atoms with E-state index < -0.39 is 10.8 Å². The van der Waals surface area contributed by atoms with Crippen LogP contribution in [0.4, 0.5) is 0 Å². The van der Waals surface area contributed by atoms with Gasteiger partial charge in [-0.25, -0.2) is 20.2 Å². The van der Waals surface area contributed by atoms with Gasteiger partial charge in [-0.3, -0.25) is 9.59 Å². The number of nitriles is 2. The molecule has 0 saturated heterocycles. The first kappa shape index (κ1) is 98.6. The van der Waals surface area contributed by atoms with Crippen LogP contribution in [0.3, 0.4) is 0 Å². The normalized spacial score (nSPS) is 15.1. The molecular weight excluding hydrogens is 1730 g/mol. The third-order valence-electron chi connectivity index (χ3n) is 30.2.